The molecule has 1 aromatic carbocycles. The number of piperazine rings is 1. The molecule has 0 bridgehead atoms. The molecule has 150 valence electrons. The number of aliphatic imine (C=N–C) groups is 1. The molecular formula is C21H35N5O. The third-order valence-corrected chi connectivity index (χ3v) is 6.08. The normalized spacial score (nSPS) is 21.5. The molecule has 0 aliphatic carbocycles. The summed E-state index contributed by atoms with van der Waals surface area (Å²) in [6, 6.07) is 10.7. The largest absolute Gasteiger partial charge is 0.381 e. The van der Waals surface area contributed by atoms with Crippen LogP contribution in [0.3, 0.4) is 0 Å². The van der Waals surface area contributed by atoms with Crippen LogP contribution in [0.1, 0.15) is 18.4 Å². The highest BCUT2D eigenvalue weighted by Crippen LogP contribution is 2.25. The third-order valence-electron chi connectivity index (χ3n) is 6.08. The van der Waals surface area contributed by atoms with E-state index in [9.17, 15) is 0 Å². The molecule has 0 spiro atoms. The molecular weight excluding hydrogens is 338 g/mol. The molecule has 0 radical (unpaired) electrons. The smallest absolute Gasteiger partial charge is 0.193 e. The van der Waals surface area contributed by atoms with Gasteiger partial charge in [-0.15, -0.1) is 0 Å². The average molecular weight is 374 g/mol. The Morgan fingerprint density at radius 1 is 1.11 bits per heavy atom. The molecule has 3 rings (SSSR count). The van der Waals surface area contributed by atoms with Gasteiger partial charge in [-0.1, -0.05) is 30.3 Å². The van der Waals surface area contributed by atoms with E-state index in [1.165, 1.54) is 5.56 Å². The number of guanidine groups is 1. The summed E-state index contributed by atoms with van der Waals surface area (Å²) in [5.74, 6) is 1.03. The zero-order valence-corrected chi connectivity index (χ0v) is 17.2. The lowest BCUT2D eigenvalue weighted by Crippen LogP contribution is -2.59. The van der Waals surface area contributed by atoms with E-state index in [2.05, 4.69) is 69.4 Å². The van der Waals surface area contributed by atoms with Crippen molar-refractivity contribution in [2.75, 3.05) is 67.1 Å². The number of nitrogens with zero attached hydrogens (tertiary/aromatic N) is 4. The van der Waals surface area contributed by atoms with E-state index in [0.717, 1.165) is 71.3 Å². The second-order valence-corrected chi connectivity index (χ2v) is 7.88. The Balaban J connectivity index is 1.50. The van der Waals surface area contributed by atoms with E-state index in [0.29, 0.717) is 0 Å². The molecule has 2 heterocycles. The number of ether oxygens (including phenoxy) is 1. The van der Waals surface area contributed by atoms with Crippen molar-refractivity contribution in [2.45, 2.75) is 24.9 Å². The van der Waals surface area contributed by atoms with Crippen LogP contribution in [0, 0.1) is 0 Å². The Morgan fingerprint density at radius 2 is 1.78 bits per heavy atom. The summed E-state index contributed by atoms with van der Waals surface area (Å²) in [5, 5.41) is 3.66. The van der Waals surface area contributed by atoms with Crippen LogP contribution < -0.4 is 5.32 Å². The van der Waals surface area contributed by atoms with Gasteiger partial charge in [0.05, 0.1) is 0 Å². The van der Waals surface area contributed by atoms with Crippen molar-refractivity contribution in [2.24, 2.45) is 4.99 Å². The maximum absolute atomic E-state index is 5.58. The van der Waals surface area contributed by atoms with Gasteiger partial charge in [0, 0.05) is 65.1 Å². The topological polar surface area (TPSA) is 43.3 Å². The van der Waals surface area contributed by atoms with Crippen LogP contribution in [0.2, 0.25) is 0 Å². The predicted molar refractivity (Wildman–Crippen MR) is 111 cm³/mol. The maximum atomic E-state index is 5.58. The van der Waals surface area contributed by atoms with E-state index in [4.69, 9.17) is 4.74 Å². The molecule has 0 unspecified atom stereocenters. The summed E-state index contributed by atoms with van der Waals surface area (Å²) < 4.78 is 5.58. The van der Waals surface area contributed by atoms with Crippen LogP contribution in [-0.2, 0) is 11.3 Å². The summed E-state index contributed by atoms with van der Waals surface area (Å²) in [4.78, 5) is 11.8. The summed E-state index contributed by atoms with van der Waals surface area (Å²) >= 11 is 0. The van der Waals surface area contributed by atoms with Gasteiger partial charge in [0.15, 0.2) is 5.96 Å². The van der Waals surface area contributed by atoms with Crippen LogP contribution in [-0.4, -0.2) is 93.3 Å². The highest BCUT2D eigenvalue weighted by atomic mass is 16.5. The Morgan fingerprint density at radius 3 is 2.37 bits per heavy atom. The first-order chi connectivity index (χ1) is 13.1. The highest BCUT2D eigenvalue weighted by Gasteiger charge is 2.35. The lowest BCUT2D eigenvalue weighted by atomic mass is 9.88. The number of rotatable bonds is 5. The second kappa shape index (κ2) is 9.53. The summed E-state index contributed by atoms with van der Waals surface area (Å²) in [6.45, 7) is 7.82. The minimum atomic E-state index is 0.156. The fourth-order valence-corrected chi connectivity index (χ4v) is 4.07. The zero-order chi connectivity index (χ0) is 19.1. The second-order valence-electron chi connectivity index (χ2n) is 7.88. The first-order valence-electron chi connectivity index (χ1n) is 10.1. The van der Waals surface area contributed by atoms with Crippen molar-refractivity contribution in [3.63, 3.8) is 0 Å². The Kier molecular flexibility index (Phi) is 7.10. The number of likely N-dealkylation sites (N-methyl/N-ethyl adjacent to an activating group) is 1. The lowest BCUT2D eigenvalue weighted by Gasteiger charge is -2.44. The van der Waals surface area contributed by atoms with Crippen LogP contribution in [0.4, 0.5) is 0 Å². The average Bonchev–Trinajstić information content (AvgIpc) is 2.71. The van der Waals surface area contributed by atoms with Crippen LogP contribution >= 0.6 is 0 Å². The molecule has 1 N–H and O–H groups in total. The van der Waals surface area contributed by atoms with E-state index >= 15 is 0 Å². The summed E-state index contributed by atoms with van der Waals surface area (Å²) in [5.41, 5.74) is 1.55. The van der Waals surface area contributed by atoms with Gasteiger partial charge in [-0.3, -0.25) is 9.89 Å². The van der Waals surface area contributed by atoms with E-state index in [-0.39, 0.29) is 5.54 Å². The number of benzene rings is 1. The Labute approximate surface area is 164 Å². The summed E-state index contributed by atoms with van der Waals surface area (Å²) in [6.07, 6.45) is 2.13. The van der Waals surface area contributed by atoms with E-state index in [1.54, 1.807) is 0 Å². The predicted octanol–water partition coefficient (Wildman–Crippen LogP) is 1.49. The first kappa shape index (κ1) is 20.1. The van der Waals surface area contributed by atoms with Gasteiger partial charge in [-0.25, -0.2) is 0 Å². The number of nitrogens with one attached hydrogen (secondary N) is 1. The molecule has 0 saturated carbocycles. The quantitative estimate of drug-likeness (QED) is 0.626. The van der Waals surface area contributed by atoms with Crippen molar-refractivity contribution in [3.05, 3.63) is 35.9 Å². The molecule has 2 saturated heterocycles. The third kappa shape index (κ3) is 5.21. The molecule has 0 atom stereocenters. The fourth-order valence-electron chi connectivity index (χ4n) is 4.07. The standard InChI is InChI=1S/C21H35N5O/c1-22-20(23-18-21(24(2)3)9-15-27-16-10-21)26-13-11-25(12-14-26)17-19-7-5-4-6-8-19/h4-8H,9-18H2,1-3H3,(H,22,23). The highest BCUT2D eigenvalue weighted by molar-refractivity contribution is 5.80. The van der Waals surface area contributed by atoms with Crippen molar-refractivity contribution in [1.29, 1.82) is 0 Å². The number of hydrogen-bond acceptors (Lipinski definition) is 4. The first-order valence-corrected chi connectivity index (χ1v) is 10.1. The van der Waals surface area contributed by atoms with Crippen molar-refractivity contribution < 1.29 is 4.74 Å². The van der Waals surface area contributed by atoms with Gasteiger partial charge < -0.3 is 19.9 Å². The molecule has 27 heavy (non-hydrogen) atoms. The van der Waals surface area contributed by atoms with Gasteiger partial charge >= 0.3 is 0 Å². The maximum Gasteiger partial charge on any atom is 0.193 e. The number of hydrogen-bond donors (Lipinski definition) is 1. The molecule has 0 aromatic heterocycles. The Hall–Kier alpha value is -1.63. The fraction of sp³-hybridized carbons (Fsp3) is 0.667. The minimum Gasteiger partial charge on any atom is -0.381 e. The van der Waals surface area contributed by atoms with Crippen molar-refractivity contribution in [1.82, 2.24) is 20.0 Å². The monoisotopic (exact) mass is 373 g/mol. The lowest BCUT2D eigenvalue weighted by molar-refractivity contribution is -0.00535. The molecule has 2 aliphatic rings. The van der Waals surface area contributed by atoms with Gasteiger partial charge in [0.2, 0.25) is 0 Å². The molecule has 2 aliphatic heterocycles. The van der Waals surface area contributed by atoms with Crippen molar-refractivity contribution in [3.8, 4) is 0 Å². The zero-order valence-electron chi connectivity index (χ0n) is 17.2. The Bertz CT molecular complexity index is 590. The van der Waals surface area contributed by atoms with E-state index < -0.39 is 0 Å². The van der Waals surface area contributed by atoms with Gasteiger partial charge in [0.25, 0.3) is 0 Å². The molecule has 6 heteroatoms. The molecule has 6 nitrogen and oxygen atoms in total. The van der Waals surface area contributed by atoms with Crippen LogP contribution in [0.25, 0.3) is 0 Å². The molecule has 2 fully saturated rings. The van der Waals surface area contributed by atoms with Gasteiger partial charge in [-0.2, -0.15) is 0 Å². The molecule has 0 amide bonds. The van der Waals surface area contributed by atoms with Gasteiger partial charge in [-0.05, 0) is 32.5 Å². The van der Waals surface area contributed by atoms with E-state index in [1.807, 2.05) is 7.05 Å². The minimum absolute atomic E-state index is 0.156. The molecule has 1 aromatic rings. The summed E-state index contributed by atoms with van der Waals surface area (Å²) in [7, 11) is 6.25. The SMILES string of the molecule is CN=C(NCC1(N(C)C)CCOCC1)N1CCN(Cc2ccccc2)CC1. The van der Waals surface area contributed by atoms with Crippen molar-refractivity contribution >= 4 is 5.96 Å². The van der Waals surface area contributed by atoms with Gasteiger partial charge in [0.1, 0.15) is 0 Å². The van der Waals surface area contributed by atoms with Crippen LogP contribution in [0.15, 0.2) is 35.3 Å². The van der Waals surface area contributed by atoms with Crippen LogP contribution in [0.5, 0.6) is 0 Å².